The van der Waals surface area contributed by atoms with Gasteiger partial charge >= 0.3 is 12.1 Å². The van der Waals surface area contributed by atoms with Crippen LogP contribution in [0.3, 0.4) is 0 Å². The summed E-state index contributed by atoms with van der Waals surface area (Å²) in [4.78, 5) is 10.5. The van der Waals surface area contributed by atoms with Crippen LogP contribution in [0.5, 0.6) is 0 Å². The van der Waals surface area contributed by atoms with Gasteiger partial charge in [0.2, 0.25) is 0 Å². The van der Waals surface area contributed by atoms with Crippen LogP contribution in [0.15, 0.2) is 24.3 Å². The van der Waals surface area contributed by atoms with Gasteiger partial charge in [-0.1, -0.05) is 0 Å². The number of rotatable bonds is 1. The average molecular weight is 344 g/mol. The molecule has 0 amide bonds. The van der Waals surface area contributed by atoms with Gasteiger partial charge < -0.3 is 15.3 Å². The van der Waals surface area contributed by atoms with Crippen LogP contribution in [0.1, 0.15) is 0 Å². The van der Waals surface area contributed by atoms with Gasteiger partial charge in [-0.2, -0.15) is 13.2 Å². The Kier molecular flexibility index (Phi) is 6.25. The molecule has 0 atom stereocenters. The lowest BCUT2D eigenvalue weighted by Gasteiger charge is -2.25. The van der Waals surface area contributed by atoms with Gasteiger partial charge in [-0.25, -0.2) is 18.0 Å². The second kappa shape index (κ2) is 7.53. The number of carbonyl (C=O) groups is 1. The van der Waals surface area contributed by atoms with Crippen molar-refractivity contribution in [3.63, 3.8) is 0 Å². The quantitative estimate of drug-likeness (QED) is 0.769. The maximum Gasteiger partial charge on any atom is 0.490 e. The fourth-order valence-corrected chi connectivity index (χ4v) is 1.77. The summed E-state index contributed by atoms with van der Waals surface area (Å²) in [6.45, 7) is 0.379. The van der Waals surface area contributed by atoms with Crippen molar-refractivity contribution in [1.29, 1.82) is 0 Å². The van der Waals surface area contributed by atoms with E-state index in [-0.39, 0.29) is 18.9 Å². The van der Waals surface area contributed by atoms with Gasteiger partial charge in [0.05, 0.1) is 13.1 Å². The first-order chi connectivity index (χ1) is 10.5. The first kappa shape index (κ1) is 19.1. The molecule has 0 aromatic heterocycles. The molecule has 0 bridgehead atoms. The molecule has 0 radical (unpaired) electrons. The van der Waals surface area contributed by atoms with E-state index in [9.17, 15) is 26.3 Å². The van der Waals surface area contributed by atoms with Crippen molar-refractivity contribution in [2.45, 2.75) is 12.1 Å². The molecule has 1 aromatic rings. The van der Waals surface area contributed by atoms with Crippen LogP contribution in [0, 0.1) is 5.82 Å². The van der Waals surface area contributed by atoms with E-state index >= 15 is 0 Å². The predicted molar refractivity (Wildman–Crippen MR) is 70.1 cm³/mol. The average Bonchev–Trinajstić information content (AvgIpc) is 2.60. The van der Waals surface area contributed by atoms with Crippen LogP contribution in [-0.2, 0) is 4.79 Å². The molecule has 23 heavy (non-hydrogen) atoms. The van der Waals surface area contributed by atoms with Crippen LogP contribution in [0.4, 0.5) is 32.0 Å². The smallest absolute Gasteiger partial charge is 0.475 e. The molecular weight excluding hydrogens is 330 g/mol. The van der Waals surface area contributed by atoms with Crippen molar-refractivity contribution in [2.24, 2.45) is 0 Å². The van der Waals surface area contributed by atoms with E-state index in [1.54, 1.807) is 4.90 Å². The summed E-state index contributed by atoms with van der Waals surface area (Å²) in [7, 11) is 0. The molecule has 1 aliphatic rings. The number of alkyl halides is 5. The van der Waals surface area contributed by atoms with E-state index in [2.05, 4.69) is 5.32 Å². The number of carboxylic acid groups (broad SMARTS) is 1. The summed E-state index contributed by atoms with van der Waals surface area (Å²) in [6.07, 6.45) is -5.08. The summed E-state index contributed by atoms with van der Waals surface area (Å²) in [6, 6.07) is 5.62. The second-order valence-corrected chi connectivity index (χ2v) is 4.73. The molecule has 0 aliphatic carbocycles. The summed E-state index contributed by atoms with van der Waals surface area (Å²) < 4.78 is 71.0. The van der Waals surface area contributed by atoms with E-state index in [4.69, 9.17) is 9.90 Å². The zero-order valence-corrected chi connectivity index (χ0v) is 11.7. The Balaban J connectivity index is 0.000000322. The number of nitrogens with zero attached hydrogens (tertiary/aromatic N) is 1. The van der Waals surface area contributed by atoms with E-state index in [0.717, 1.165) is 0 Å². The number of aliphatic carboxylic acids is 1. The van der Waals surface area contributed by atoms with Crippen molar-refractivity contribution < 1.29 is 36.2 Å². The van der Waals surface area contributed by atoms with Gasteiger partial charge in [-0.05, 0) is 24.3 Å². The third-order valence-electron chi connectivity index (χ3n) is 2.80. The van der Waals surface area contributed by atoms with Gasteiger partial charge in [0.1, 0.15) is 5.82 Å². The standard InChI is InChI=1S/C11H13F3N2.C2HF3O2/c12-9-1-3-10(4-2-9)16-6-5-15-7-11(13,14)8-16;3-2(4,5)1(6)7/h1-4,15H,5-8H2;(H,6,7). The van der Waals surface area contributed by atoms with Gasteiger partial charge in [0, 0.05) is 18.8 Å². The minimum atomic E-state index is -5.08. The number of benzene rings is 1. The lowest BCUT2D eigenvalue weighted by atomic mass is 10.2. The minimum absolute atomic E-state index is 0.301. The fourth-order valence-electron chi connectivity index (χ4n) is 1.77. The molecule has 10 heteroatoms. The largest absolute Gasteiger partial charge is 0.490 e. The van der Waals surface area contributed by atoms with Gasteiger partial charge in [0.25, 0.3) is 5.92 Å². The van der Waals surface area contributed by atoms with Crippen molar-refractivity contribution in [3.05, 3.63) is 30.1 Å². The summed E-state index contributed by atoms with van der Waals surface area (Å²) in [5.41, 5.74) is 0.629. The van der Waals surface area contributed by atoms with E-state index in [0.29, 0.717) is 18.8 Å². The van der Waals surface area contributed by atoms with Crippen LogP contribution >= 0.6 is 0 Å². The highest BCUT2D eigenvalue weighted by atomic mass is 19.4. The van der Waals surface area contributed by atoms with Crippen LogP contribution in [-0.4, -0.2) is 49.4 Å². The highest BCUT2D eigenvalue weighted by Gasteiger charge is 2.38. The molecule has 4 nitrogen and oxygen atoms in total. The molecule has 0 spiro atoms. The highest BCUT2D eigenvalue weighted by molar-refractivity contribution is 5.73. The molecule has 0 unspecified atom stereocenters. The molecule has 2 rings (SSSR count). The van der Waals surface area contributed by atoms with E-state index in [1.165, 1.54) is 24.3 Å². The fraction of sp³-hybridized carbons (Fsp3) is 0.462. The maximum atomic E-state index is 13.3. The Morgan fingerprint density at radius 1 is 1.22 bits per heavy atom. The van der Waals surface area contributed by atoms with Crippen molar-refractivity contribution in [3.8, 4) is 0 Å². The van der Waals surface area contributed by atoms with E-state index < -0.39 is 18.1 Å². The molecule has 1 aromatic carbocycles. The zero-order valence-electron chi connectivity index (χ0n) is 11.7. The van der Waals surface area contributed by atoms with Crippen molar-refractivity contribution >= 4 is 11.7 Å². The second-order valence-electron chi connectivity index (χ2n) is 4.73. The lowest BCUT2D eigenvalue weighted by Crippen LogP contribution is -2.38. The van der Waals surface area contributed by atoms with Gasteiger partial charge in [-0.3, -0.25) is 0 Å². The monoisotopic (exact) mass is 344 g/mol. The number of hydrogen-bond acceptors (Lipinski definition) is 3. The molecule has 2 N–H and O–H groups in total. The van der Waals surface area contributed by atoms with Gasteiger partial charge in [0.15, 0.2) is 0 Å². The SMILES string of the molecule is Fc1ccc(N2CCNCC(F)(F)C2)cc1.O=C(O)C(F)(F)F. The molecule has 1 fully saturated rings. The number of nitrogens with one attached hydrogen (secondary N) is 1. The molecule has 1 aliphatic heterocycles. The topological polar surface area (TPSA) is 52.6 Å². The lowest BCUT2D eigenvalue weighted by molar-refractivity contribution is -0.192. The Labute approximate surface area is 127 Å². The first-order valence-electron chi connectivity index (χ1n) is 6.40. The Hall–Kier alpha value is -1.97. The number of anilines is 1. The summed E-state index contributed by atoms with van der Waals surface area (Å²) >= 11 is 0. The number of hydrogen-bond donors (Lipinski definition) is 2. The molecular formula is C13H14F6N2O2. The third-order valence-corrected chi connectivity index (χ3v) is 2.80. The van der Waals surface area contributed by atoms with E-state index in [1.807, 2.05) is 0 Å². The number of carboxylic acids is 1. The molecule has 1 saturated heterocycles. The molecule has 1 heterocycles. The molecule has 130 valence electrons. The van der Waals surface area contributed by atoms with Crippen molar-refractivity contribution in [2.75, 3.05) is 31.1 Å². The van der Waals surface area contributed by atoms with Crippen LogP contribution < -0.4 is 10.2 Å². The molecule has 0 saturated carbocycles. The Bertz CT molecular complexity index is 518. The maximum absolute atomic E-state index is 13.3. The minimum Gasteiger partial charge on any atom is -0.475 e. The normalized spacial score (nSPS) is 17.7. The summed E-state index contributed by atoms with van der Waals surface area (Å²) in [5, 5.41) is 9.81. The zero-order chi connectivity index (χ0) is 17.7. The first-order valence-corrected chi connectivity index (χ1v) is 6.40. The van der Waals surface area contributed by atoms with Crippen LogP contribution in [0.25, 0.3) is 0 Å². The van der Waals surface area contributed by atoms with Gasteiger partial charge in [-0.15, -0.1) is 0 Å². The van der Waals surface area contributed by atoms with Crippen molar-refractivity contribution in [1.82, 2.24) is 5.32 Å². The summed E-state index contributed by atoms with van der Waals surface area (Å²) in [5.74, 6) is -5.86. The predicted octanol–water partition coefficient (Wildman–Crippen LogP) is 2.50. The third kappa shape index (κ3) is 6.76. The Morgan fingerprint density at radius 3 is 2.22 bits per heavy atom. The Morgan fingerprint density at radius 2 is 1.74 bits per heavy atom. The van der Waals surface area contributed by atoms with Crippen LogP contribution in [0.2, 0.25) is 0 Å². The highest BCUT2D eigenvalue weighted by Crippen LogP contribution is 2.22. The number of halogens is 6.